The lowest BCUT2D eigenvalue weighted by Crippen LogP contribution is -2.34. The quantitative estimate of drug-likeness (QED) is 0.873. The number of rotatable bonds is 2. The molecule has 1 aliphatic heterocycles. The van der Waals surface area contributed by atoms with Crippen LogP contribution < -0.4 is 10.5 Å². The fourth-order valence-electron chi connectivity index (χ4n) is 1.78. The van der Waals surface area contributed by atoms with Crippen LogP contribution in [0, 0.1) is 0 Å². The molecule has 1 aromatic rings. The molecule has 0 spiro atoms. The molecule has 0 aliphatic carbocycles. The molecule has 0 fully saturated rings. The molecule has 4 nitrogen and oxygen atoms in total. The van der Waals surface area contributed by atoms with E-state index >= 15 is 0 Å². The summed E-state index contributed by atoms with van der Waals surface area (Å²) in [6.45, 7) is 6.48. The third-order valence-corrected chi connectivity index (χ3v) is 2.68. The Morgan fingerprint density at radius 3 is 2.83 bits per heavy atom. The minimum Gasteiger partial charge on any atom is -0.474 e. The second-order valence-corrected chi connectivity index (χ2v) is 5.52. The van der Waals surface area contributed by atoms with Crippen LogP contribution in [0.1, 0.15) is 43.1 Å². The number of nitrogens with two attached hydrogens (primary N) is 1. The number of fused-ring (bicyclic) bond motifs is 1. The molecular weight excluding hydrogens is 230 g/mol. The highest BCUT2D eigenvalue weighted by Gasteiger charge is 2.24. The van der Waals surface area contributed by atoms with Gasteiger partial charge in [0.1, 0.15) is 5.75 Å². The van der Waals surface area contributed by atoms with E-state index < -0.39 is 6.23 Å². The van der Waals surface area contributed by atoms with Crippen molar-refractivity contribution < 1.29 is 14.3 Å². The summed E-state index contributed by atoms with van der Waals surface area (Å²) in [6, 6.07) is 5.51. The molecule has 1 unspecified atom stereocenters. The van der Waals surface area contributed by atoms with Crippen LogP contribution in [0.5, 0.6) is 5.75 Å². The largest absolute Gasteiger partial charge is 0.474 e. The first-order valence-corrected chi connectivity index (χ1v) is 6.07. The summed E-state index contributed by atoms with van der Waals surface area (Å²) in [5.74, 6) is 0.597. The van der Waals surface area contributed by atoms with Crippen molar-refractivity contribution in [2.75, 3.05) is 0 Å². The summed E-state index contributed by atoms with van der Waals surface area (Å²) in [5.41, 5.74) is 7.00. The van der Waals surface area contributed by atoms with E-state index in [1.165, 1.54) is 0 Å². The Kier molecular flexibility index (Phi) is 3.41. The predicted octanol–water partition coefficient (Wildman–Crippen LogP) is 2.25. The van der Waals surface area contributed by atoms with Crippen molar-refractivity contribution in [1.82, 2.24) is 0 Å². The molecule has 1 heterocycles. The number of carbonyl (C=O) groups is 1. The lowest BCUT2D eigenvalue weighted by atomic mass is 10.0. The number of Topliss-reactive ketones (excluding diaryl/α,β-unsaturated/α-hetero) is 1. The van der Waals surface area contributed by atoms with Gasteiger partial charge in [-0.15, -0.1) is 0 Å². The van der Waals surface area contributed by atoms with Crippen LogP contribution in [-0.4, -0.2) is 17.6 Å². The van der Waals surface area contributed by atoms with Gasteiger partial charge in [-0.3, -0.25) is 10.5 Å². The van der Waals surface area contributed by atoms with Gasteiger partial charge in [0.25, 0.3) is 0 Å². The van der Waals surface area contributed by atoms with Crippen molar-refractivity contribution >= 4 is 5.78 Å². The number of carbonyl (C=O) groups excluding carboxylic acids is 1. The third-order valence-electron chi connectivity index (χ3n) is 2.68. The normalized spacial score (nSPS) is 19.3. The van der Waals surface area contributed by atoms with E-state index in [1.807, 2.05) is 32.9 Å². The van der Waals surface area contributed by atoms with E-state index in [1.54, 1.807) is 6.07 Å². The Morgan fingerprint density at radius 2 is 2.17 bits per heavy atom. The van der Waals surface area contributed by atoms with E-state index in [0.29, 0.717) is 17.9 Å². The summed E-state index contributed by atoms with van der Waals surface area (Å²) < 4.78 is 11.1. The zero-order valence-corrected chi connectivity index (χ0v) is 11.0. The second-order valence-electron chi connectivity index (χ2n) is 5.52. The Labute approximate surface area is 107 Å². The van der Waals surface area contributed by atoms with Gasteiger partial charge in [0.15, 0.2) is 12.0 Å². The van der Waals surface area contributed by atoms with Gasteiger partial charge in [-0.2, -0.15) is 0 Å². The number of hydrogen-bond acceptors (Lipinski definition) is 4. The maximum Gasteiger partial charge on any atom is 0.171 e. The Hall–Kier alpha value is -1.39. The Balaban J connectivity index is 2.17. The molecule has 2 N–H and O–H groups in total. The van der Waals surface area contributed by atoms with Gasteiger partial charge < -0.3 is 9.47 Å². The predicted molar refractivity (Wildman–Crippen MR) is 68.5 cm³/mol. The van der Waals surface area contributed by atoms with Crippen molar-refractivity contribution in [3.63, 3.8) is 0 Å². The van der Waals surface area contributed by atoms with E-state index in [2.05, 4.69) is 0 Å². The van der Waals surface area contributed by atoms with Gasteiger partial charge >= 0.3 is 0 Å². The minimum absolute atomic E-state index is 0.0290. The maximum absolute atomic E-state index is 11.8. The van der Waals surface area contributed by atoms with Gasteiger partial charge in [0, 0.05) is 0 Å². The number of ketones is 1. The van der Waals surface area contributed by atoms with Crippen LogP contribution in [-0.2, 0) is 11.3 Å². The standard InChI is InChI=1S/C14H19NO3/c1-14(2,3)17-8-9-4-5-12-10(6-9)11(16)7-13(15)18-12/h4-6,13H,7-8,15H2,1-3H3. The van der Waals surface area contributed by atoms with Crippen LogP contribution >= 0.6 is 0 Å². The molecule has 2 rings (SSSR count). The van der Waals surface area contributed by atoms with Crippen molar-refractivity contribution in [2.45, 2.75) is 45.6 Å². The first kappa shape index (κ1) is 13.1. The van der Waals surface area contributed by atoms with Crippen LogP contribution in [0.3, 0.4) is 0 Å². The molecule has 0 bridgehead atoms. The monoisotopic (exact) mass is 249 g/mol. The molecule has 0 saturated carbocycles. The average Bonchev–Trinajstić information content (AvgIpc) is 2.25. The molecule has 1 aliphatic rings. The third kappa shape index (κ3) is 3.09. The van der Waals surface area contributed by atoms with Crippen molar-refractivity contribution in [1.29, 1.82) is 0 Å². The second kappa shape index (κ2) is 4.71. The van der Waals surface area contributed by atoms with Crippen LogP contribution in [0.15, 0.2) is 18.2 Å². The lowest BCUT2D eigenvalue weighted by molar-refractivity contribution is -0.0149. The smallest absolute Gasteiger partial charge is 0.171 e. The molecule has 0 aromatic heterocycles. The van der Waals surface area contributed by atoms with Gasteiger partial charge in [0.2, 0.25) is 0 Å². The van der Waals surface area contributed by atoms with Crippen molar-refractivity contribution in [2.24, 2.45) is 5.73 Å². The van der Waals surface area contributed by atoms with Crippen LogP contribution in [0.25, 0.3) is 0 Å². The molecule has 0 amide bonds. The highest BCUT2D eigenvalue weighted by atomic mass is 16.5. The molecule has 4 heteroatoms. The van der Waals surface area contributed by atoms with Crippen molar-refractivity contribution in [3.8, 4) is 5.75 Å². The van der Waals surface area contributed by atoms with Gasteiger partial charge in [-0.25, -0.2) is 0 Å². The van der Waals surface area contributed by atoms with Crippen LogP contribution in [0.2, 0.25) is 0 Å². The molecule has 1 aromatic carbocycles. The first-order chi connectivity index (χ1) is 8.35. The minimum atomic E-state index is -0.526. The lowest BCUT2D eigenvalue weighted by Gasteiger charge is -2.23. The van der Waals surface area contributed by atoms with Gasteiger partial charge in [-0.1, -0.05) is 6.07 Å². The fourth-order valence-corrected chi connectivity index (χ4v) is 1.78. The van der Waals surface area contributed by atoms with Crippen molar-refractivity contribution in [3.05, 3.63) is 29.3 Å². The van der Waals surface area contributed by atoms with E-state index in [-0.39, 0.29) is 17.8 Å². The first-order valence-electron chi connectivity index (χ1n) is 6.07. The molecule has 1 atom stereocenters. The summed E-state index contributed by atoms with van der Waals surface area (Å²) in [6.07, 6.45) is -0.294. The molecule has 0 saturated heterocycles. The van der Waals surface area contributed by atoms with E-state index in [0.717, 1.165) is 5.56 Å². The Bertz CT molecular complexity index is 463. The fraction of sp³-hybridized carbons (Fsp3) is 0.500. The molecular formula is C14H19NO3. The summed E-state index contributed by atoms with van der Waals surface area (Å²) >= 11 is 0. The number of hydrogen-bond donors (Lipinski definition) is 1. The Morgan fingerprint density at radius 1 is 1.44 bits per heavy atom. The van der Waals surface area contributed by atoms with E-state index in [4.69, 9.17) is 15.2 Å². The molecule has 98 valence electrons. The molecule has 18 heavy (non-hydrogen) atoms. The zero-order chi connectivity index (χ0) is 13.3. The summed E-state index contributed by atoms with van der Waals surface area (Å²) in [7, 11) is 0. The zero-order valence-electron chi connectivity index (χ0n) is 11.0. The number of benzene rings is 1. The highest BCUT2D eigenvalue weighted by Crippen LogP contribution is 2.27. The summed E-state index contributed by atoms with van der Waals surface area (Å²) in [4.78, 5) is 11.8. The highest BCUT2D eigenvalue weighted by molar-refractivity contribution is 6.00. The topological polar surface area (TPSA) is 61.5 Å². The van der Waals surface area contributed by atoms with Gasteiger partial charge in [0.05, 0.1) is 24.2 Å². The van der Waals surface area contributed by atoms with Gasteiger partial charge in [-0.05, 0) is 38.5 Å². The number of ether oxygens (including phenoxy) is 2. The maximum atomic E-state index is 11.8. The van der Waals surface area contributed by atoms with Crippen LogP contribution in [0.4, 0.5) is 0 Å². The van der Waals surface area contributed by atoms with E-state index in [9.17, 15) is 4.79 Å². The SMILES string of the molecule is CC(C)(C)OCc1ccc2c(c1)C(=O)CC(N)O2. The summed E-state index contributed by atoms with van der Waals surface area (Å²) in [5, 5.41) is 0. The molecule has 0 radical (unpaired) electrons. The average molecular weight is 249 g/mol.